The Labute approximate surface area is 280 Å². The number of nitrogens with zero attached hydrogens (tertiary/aromatic N) is 2. The molecule has 3 rings (SSSR count). The van der Waals surface area contributed by atoms with Gasteiger partial charge in [0.05, 0.1) is 18.0 Å². The van der Waals surface area contributed by atoms with Gasteiger partial charge in [0.25, 0.3) is 5.56 Å². The number of carbonyl (C=O) groups is 2. The van der Waals surface area contributed by atoms with Crippen molar-refractivity contribution in [3.05, 3.63) is 91.6 Å². The standard InChI is InChI=1S/C36H39F6N3O4/c1-8-9-22-15-26(38)33(34(39)32(22)31-20(4)13-24(37)14-21(31)5)27(17-30(47)48)43-35(49)28(12-19(2)3)45-18-23(10-11-44(6)7)25(16-29(45)46)36(40,41)42/h13-16,18-19,27-28H,10-12,17H2,1-7H3,(H,43,49)(H,47,48)/t27?,28-/m0/s1. The van der Waals surface area contributed by atoms with Crippen LogP contribution in [0.2, 0.25) is 0 Å². The highest BCUT2D eigenvalue weighted by molar-refractivity contribution is 5.83. The van der Waals surface area contributed by atoms with Gasteiger partial charge in [-0.05, 0) is 94.1 Å². The number of amides is 1. The molecule has 7 nitrogen and oxygen atoms in total. The summed E-state index contributed by atoms with van der Waals surface area (Å²) in [6, 6.07) is 0.303. The Kier molecular flexibility index (Phi) is 12.5. The van der Waals surface area contributed by atoms with Crippen LogP contribution in [0, 0.1) is 49.1 Å². The summed E-state index contributed by atoms with van der Waals surface area (Å²) in [5, 5.41) is 12.1. The molecule has 13 heteroatoms. The Morgan fingerprint density at radius 2 is 1.63 bits per heavy atom. The molecule has 0 aliphatic carbocycles. The van der Waals surface area contributed by atoms with Gasteiger partial charge in [-0.3, -0.25) is 14.4 Å². The zero-order valence-electron chi connectivity index (χ0n) is 28.3. The molecule has 2 aromatic carbocycles. The first-order chi connectivity index (χ1) is 22.8. The maximum absolute atomic E-state index is 16.7. The van der Waals surface area contributed by atoms with Crippen LogP contribution in [-0.2, 0) is 22.2 Å². The van der Waals surface area contributed by atoms with E-state index in [2.05, 4.69) is 17.2 Å². The van der Waals surface area contributed by atoms with Crippen LogP contribution in [-0.4, -0.2) is 47.1 Å². The van der Waals surface area contributed by atoms with E-state index in [1.807, 2.05) is 0 Å². The van der Waals surface area contributed by atoms with Gasteiger partial charge in [-0.15, -0.1) is 5.92 Å². The second-order valence-corrected chi connectivity index (χ2v) is 12.6. The minimum Gasteiger partial charge on any atom is -0.481 e. The number of alkyl halides is 3. The highest BCUT2D eigenvalue weighted by Gasteiger charge is 2.36. The molecule has 1 heterocycles. The van der Waals surface area contributed by atoms with Crippen molar-refractivity contribution < 1.29 is 41.0 Å². The van der Waals surface area contributed by atoms with Gasteiger partial charge in [-0.25, -0.2) is 13.2 Å². The third-order valence-electron chi connectivity index (χ3n) is 7.93. The Morgan fingerprint density at radius 1 is 1.02 bits per heavy atom. The SMILES string of the molecule is CC#Cc1cc(F)c(C(CC(=O)O)NC(=O)[C@H](CC(C)C)n2cc(CCN(C)C)c(C(F)(F)F)cc2=O)c(F)c1-c1c(C)cc(F)cc1C. The minimum absolute atomic E-state index is 0.0841. The number of aromatic nitrogens is 1. The molecule has 0 fully saturated rings. The molecule has 0 aliphatic rings. The number of aryl methyl sites for hydroxylation is 2. The highest BCUT2D eigenvalue weighted by Crippen LogP contribution is 2.38. The molecule has 1 aromatic heterocycles. The first-order valence-electron chi connectivity index (χ1n) is 15.5. The zero-order valence-corrected chi connectivity index (χ0v) is 28.3. The third kappa shape index (κ3) is 9.32. The normalized spacial score (nSPS) is 12.9. The number of halogens is 6. The topological polar surface area (TPSA) is 91.6 Å². The Hall–Kier alpha value is -4.57. The van der Waals surface area contributed by atoms with E-state index in [0.29, 0.717) is 6.07 Å². The number of carbonyl (C=O) groups excluding carboxylic acids is 1. The molecule has 3 aromatic rings. The van der Waals surface area contributed by atoms with Gasteiger partial charge < -0.3 is 19.9 Å². The summed E-state index contributed by atoms with van der Waals surface area (Å²) in [7, 11) is 3.31. The lowest BCUT2D eigenvalue weighted by Gasteiger charge is -2.27. The minimum atomic E-state index is -4.86. The molecule has 0 spiro atoms. The number of benzene rings is 2. The molecule has 264 valence electrons. The van der Waals surface area contributed by atoms with Crippen molar-refractivity contribution in [2.75, 3.05) is 20.6 Å². The van der Waals surface area contributed by atoms with Gasteiger partial charge in [0.2, 0.25) is 5.91 Å². The molecular formula is C36H39F6N3O4. The molecule has 0 aliphatic heterocycles. The maximum Gasteiger partial charge on any atom is 0.416 e. The van der Waals surface area contributed by atoms with Gasteiger partial charge in [0.1, 0.15) is 23.5 Å². The number of pyridine rings is 1. The molecule has 0 saturated carbocycles. The van der Waals surface area contributed by atoms with E-state index in [-0.39, 0.29) is 58.7 Å². The maximum atomic E-state index is 16.7. The number of carboxylic acids is 1. The van der Waals surface area contributed by atoms with Gasteiger partial charge in [-0.1, -0.05) is 19.8 Å². The molecular weight excluding hydrogens is 652 g/mol. The molecule has 0 radical (unpaired) electrons. The molecule has 2 N–H and O–H groups in total. The number of aliphatic carboxylic acids is 1. The Balaban J connectivity index is 2.25. The number of carboxylic acid groups (broad SMARTS) is 1. The van der Waals surface area contributed by atoms with Gasteiger partial charge >= 0.3 is 12.1 Å². The fraction of sp³-hybridized carbons (Fsp3) is 0.417. The van der Waals surface area contributed by atoms with Crippen molar-refractivity contribution in [1.29, 1.82) is 0 Å². The third-order valence-corrected chi connectivity index (χ3v) is 7.93. The number of nitrogens with one attached hydrogen (secondary N) is 1. The quantitative estimate of drug-likeness (QED) is 0.158. The van der Waals surface area contributed by atoms with E-state index >= 15 is 8.78 Å². The first kappa shape index (κ1) is 38.9. The zero-order chi connectivity index (χ0) is 37.0. The van der Waals surface area contributed by atoms with Crippen molar-refractivity contribution in [3.63, 3.8) is 0 Å². The number of hydrogen-bond donors (Lipinski definition) is 2. The van der Waals surface area contributed by atoms with Crippen LogP contribution in [0.25, 0.3) is 11.1 Å². The van der Waals surface area contributed by atoms with E-state index in [9.17, 15) is 37.1 Å². The number of likely N-dealkylation sites (N-methyl/N-ethyl adjacent to an activating group) is 1. The number of rotatable bonds is 12. The summed E-state index contributed by atoms with van der Waals surface area (Å²) in [5.74, 6) is -0.718. The average Bonchev–Trinajstić information content (AvgIpc) is 2.95. The Bertz CT molecular complexity index is 1830. The average molecular weight is 692 g/mol. The lowest BCUT2D eigenvalue weighted by Crippen LogP contribution is -2.41. The first-order valence-corrected chi connectivity index (χ1v) is 15.5. The monoisotopic (exact) mass is 691 g/mol. The lowest BCUT2D eigenvalue weighted by atomic mass is 9.88. The largest absolute Gasteiger partial charge is 0.481 e. The van der Waals surface area contributed by atoms with Crippen molar-refractivity contribution >= 4 is 11.9 Å². The number of hydrogen-bond acceptors (Lipinski definition) is 4. The molecule has 2 atom stereocenters. The van der Waals surface area contributed by atoms with Crippen LogP contribution >= 0.6 is 0 Å². The predicted molar refractivity (Wildman–Crippen MR) is 173 cm³/mol. The van der Waals surface area contributed by atoms with Crippen LogP contribution in [0.5, 0.6) is 0 Å². The van der Waals surface area contributed by atoms with Gasteiger partial charge in [0, 0.05) is 35.5 Å². The van der Waals surface area contributed by atoms with Crippen LogP contribution in [0.4, 0.5) is 26.3 Å². The lowest BCUT2D eigenvalue weighted by molar-refractivity contribution is -0.139. The summed E-state index contributed by atoms with van der Waals surface area (Å²) in [6.07, 6.45) is -5.09. The summed E-state index contributed by atoms with van der Waals surface area (Å²) in [5.41, 5.74) is -2.91. The molecule has 49 heavy (non-hydrogen) atoms. The van der Waals surface area contributed by atoms with E-state index < -0.39 is 70.7 Å². The van der Waals surface area contributed by atoms with Gasteiger partial charge in [0.15, 0.2) is 0 Å². The molecule has 0 saturated heterocycles. The Morgan fingerprint density at radius 3 is 2.14 bits per heavy atom. The summed E-state index contributed by atoms with van der Waals surface area (Å²) < 4.78 is 89.3. The fourth-order valence-electron chi connectivity index (χ4n) is 5.84. The van der Waals surface area contributed by atoms with Crippen LogP contribution < -0.4 is 10.9 Å². The van der Waals surface area contributed by atoms with Crippen LogP contribution in [0.15, 0.2) is 35.3 Å². The van der Waals surface area contributed by atoms with Crippen molar-refractivity contribution in [1.82, 2.24) is 14.8 Å². The molecule has 1 amide bonds. The van der Waals surface area contributed by atoms with E-state index in [1.54, 1.807) is 32.8 Å². The van der Waals surface area contributed by atoms with Crippen molar-refractivity contribution in [2.24, 2.45) is 5.92 Å². The summed E-state index contributed by atoms with van der Waals surface area (Å²) >= 11 is 0. The van der Waals surface area contributed by atoms with E-state index in [4.69, 9.17) is 0 Å². The second kappa shape index (κ2) is 15.8. The molecule has 0 bridgehead atoms. The predicted octanol–water partition coefficient (Wildman–Crippen LogP) is 6.96. The van der Waals surface area contributed by atoms with Crippen LogP contribution in [0.1, 0.15) is 79.1 Å². The summed E-state index contributed by atoms with van der Waals surface area (Å²) in [6.45, 7) is 8.05. The van der Waals surface area contributed by atoms with Crippen molar-refractivity contribution in [3.8, 4) is 23.0 Å². The molecule has 1 unspecified atom stereocenters. The summed E-state index contributed by atoms with van der Waals surface area (Å²) in [4.78, 5) is 40.8. The van der Waals surface area contributed by atoms with Gasteiger partial charge in [-0.2, -0.15) is 13.2 Å². The fourth-order valence-corrected chi connectivity index (χ4v) is 5.84. The van der Waals surface area contributed by atoms with Crippen LogP contribution in [0.3, 0.4) is 0 Å². The second-order valence-electron chi connectivity index (χ2n) is 12.6. The highest BCUT2D eigenvalue weighted by atomic mass is 19.4. The van der Waals surface area contributed by atoms with E-state index in [1.165, 1.54) is 20.8 Å². The smallest absolute Gasteiger partial charge is 0.416 e. The van der Waals surface area contributed by atoms with Crippen molar-refractivity contribution in [2.45, 2.75) is 72.1 Å². The van der Waals surface area contributed by atoms with E-state index in [0.717, 1.165) is 29.0 Å².